The van der Waals surface area contributed by atoms with E-state index in [1.165, 1.54) is 5.56 Å². The van der Waals surface area contributed by atoms with Crippen LogP contribution < -0.4 is 10.5 Å². The van der Waals surface area contributed by atoms with Gasteiger partial charge in [0.15, 0.2) is 0 Å². The molecule has 23 heavy (non-hydrogen) atoms. The zero-order chi connectivity index (χ0) is 16.1. The number of nitrogens with zero attached hydrogens (tertiary/aromatic N) is 1. The van der Waals surface area contributed by atoms with Gasteiger partial charge in [0, 0.05) is 18.1 Å². The lowest BCUT2D eigenvalue weighted by Gasteiger charge is -2.28. The zero-order valence-corrected chi connectivity index (χ0v) is 13.5. The van der Waals surface area contributed by atoms with E-state index in [0.29, 0.717) is 29.6 Å². The molecule has 120 valence electrons. The minimum atomic E-state index is 0.506. The number of hydrogen-bond acceptors (Lipinski definition) is 4. The van der Waals surface area contributed by atoms with Crippen LogP contribution in [-0.4, -0.2) is 24.6 Å². The topological polar surface area (TPSA) is 47.7 Å². The highest BCUT2D eigenvalue weighted by Gasteiger charge is 2.16. The molecule has 1 saturated heterocycles. The number of rotatable bonds is 4. The predicted molar refractivity (Wildman–Crippen MR) is 92.2 cm³/mol. The standard InChI is InChI=1S/C18H19ClN2O2/c19-15-6-7-18(17(20)10-15)23-13-16-12-21(8-9-22-16)11-14-4-2-1-3-5-14/h1-7,10,13H,8-9,11-12,20H2. The van der Waals surface area contributed by atoms with E-state index >= 15 is 0 Å². The fourth-order valence-corrected chi connectivity index (χ4v) is 2.64. The van der Waals surface area contributed by atoms with Crippen molar-refractivity contribution in [3.8, 4) is 5.75 Å². The van der Waals surface area contributed by atoms with E-state index in [1.807, 2.05) is 6.07 Å². The molecule has 0 unspecified atom stereocenters. The third-order valence-electron chi connectivity index (χ3n) is 3.61. The molecule has 2 N–H and O–H groups in total. The molecule has 4 nitrogen and oxygen atoms in total. The Labute approximate surface area is 141 Å². The number of ether oxygens (including phenoxy) is 2. The van der Waals surface area contributed by atoms with E-state index in [2.05, 4.69) is 29.2 Å². The molecule has 2 aromatic carbocycles. The van der Waals surface area contributed by atoms with E-state index in [1.54, 1.807) is 24.5 Å². The lowest BCUT2D eigenvalue weighted by Crippen LogP contribution is -2.34. The van der Waals surface area contributed by atoms with Gasteiger partial charge in [0.1, 0.15) is 24.4 Å². The highest BCUT2D eigenvalue weighted by atomic mass is 35.5. The average Bonchev–Trinajstić information content (AvgIpc) is 2.55. The van der Waals surface area contributed by atoms with Gasteiger partial charge in [-0.15, -0.1) is 0 Å². The third kappa shape index (κ3) is 4.41. The molecule has 0 aromatic heterocycles. The van der Waals surface area contributed by atoms with Gasteiger partial charge in [-0.1, -0.05) is 41.9 Å². The molecule has 0 aliphatic carbocycles. The van der Waals surface area contributed by atoms with Crippen LogP contribution in [0.3, 0.4) is 0 Å². The van der Waals surface area contributed by atoms with Crippen molar-refractivity contribution in [2.75, 3.05) is 25.4 Å². The van der Waals surface area contributed by atoms with Crippen molar-refractivity contribution in [3.05, 3.63) is 71.1 Å². The van der Waals surface area contributed by atoms with E-state index in [4.69, 9.17) is 26.8 Å². The fourth-order valence-electron chi connectivity index (χ4n) is 2.45. The quantitative estimate of drug-likeness (QED) is 0.686. The van der Waals surface area contributed by atoms with Crippen LogP contribution in [0.4, 0.5) is 5.69 Å². The Bertz CT molecular complexity index is 689. The van der Waals surface area contributed by atoms with Gasteiger partial charge >= 0.3 is 0 Å². The average molecular weight is 331 g/mol. The van der Waals surface area contributed by atoms with Crippen molar-refractivity contribution in [1.29, 1.82) is 0 Å². The van der Waals surface area contributed by atoms with Crippen molar-refractivity contribution < 1.29 is 9.47 Å². The molecule has 1 heterocycles. The molecule has 0 saturated carbocycles. The van der Waals surface area contributed by atoms with Crippen molar-refractivity contribution in [2.45, 2.75) is 6.54 Å². The minimum Gasteiger partial charge on any atom is -0.492 e. The van der Waals surface area contributed by atoms with E-state index in [9.17, 15) is 0 Å². The van der Waals surface area contributed by atoms with Crippen LogP contribution in [0.1, 0.15) is 5.56 Å². The van der Waals surface area contributed by atoms with Crippen molar-refractivity contribution >= 4 is 17.3 Å². The Morgan fingerprint density at radius 2 is 2.04 bits per heavy atom. The van der Waals surface area contributed by atoms with E-state index in [-0.39, 0.29) is 0 Å². The van der Waals surface area contributed by atoms with Crippen molar-refractivity contribution in [2.24, 2.45) is 0 Å². The number of benzene rings is 2. The molecule has 0 radical (unpaired) electrons. The first-order valence-electron chi connectivity index (χ1n) is 7.50. The second-order valence-corrected chi connectivity index (χ2v) is 5.87. The van der Waals surface area contributed by atoms with Crippen LogP contribution in [0, 0.1) is 0 Å². The molecule has 1 aliphatic heterocycles. The first-order chi connectivity index (χ1) is 11.2. The van der Waals surface area contributed by atoms with Crippen LogP contribution in [0.5, 0.6) is 5.75 Å². The SMILES string of the molecule is Nc1cc(Cl)ccc1OC=C1CN(Cc2ccccc2)CCO1. The van der Waals surface area contributed by atoms with Crippen LogP contribution in [-0.2, 0) is 11.3 Å². The molecule has 0 bridgehead atoms. The number of hydrogen-bond donors (Lipinski definition) is 1. The van der Waals surface area contributed by atoms with Crippen molar-refractivity contribution in [1.82, 2.24) is 4.90 Å². The summed E-state index contributed by atoms with van der Waals surface area (Å²) in [5.41, 5.74) is 7.67. The van der Waals surface area contributed by atoms with Crippen molar-refractivity contribution in [3.63, 3.8) is 0 Å². The monoisotopic (exact) mass is 330 g/mol. The second kappa shape index (κ2) is 7.40. The Kier molecular flexibility index (Phi) is 5.05. The third-order valence-corrected chi connectivity index (χ3v) is 3.85. The minimum absolute atomic E-state index is 0.506. The maximum absolute atomic E-state index is 5.88. The molecule has 0 atom stereocenters. The van der Waals surface area contributed by atoms with E-state index in [0.717, 1.165) is 18.8 Å². The highest BCUT2D eigenvalue weighted by molar-refractivity contribution is 6.30. The number of morpholine rings is 1. The van der Waals surface area contributed by atoms with Gasteiger partial charge < -0.3 is 15.2 Å². The number of nitrogen functional groups attached to an aromatic ring is 1. The summed E-state index contributed by atoms with van der Waals surface area (Å²) in [5.74, 6) is 1.37. The molecular weight excluding hydrogens is 312 g/mol. The summed E-state index contributed by atoms with van der Waals surface area (Å²) in [4.78, 5) is 2.32. The molecule has 1 fully saturated rings. The van der Waals surface area contributed by atoms with Gasteiger partial charge in [-0.05, 0) is 23.8 Å². The summed E-state index contributed by atoms with van der Waals surface area (Å²) >= 11 is 5.88. The highest BCUT2D eigenvalue weighted by Crippen LogP contribution is 2.25. The largest absolute Gasteiger partial charge is 0.492 e. The maximum Gasteiger partial charge on any atom is 0.149 e. The molecule has 0 amide bonds. The maximum atomic E-state index is 5.88. The first-order valence-corrected chi connectivity index (χ1v) is 7.88. The Morgan fingerprint density at radius 1 is 1.22 bits per heavy atom. The molecule has 3 rings (SSSR count). The Hall–Kier alpha value is -2.17. The second-order valence-electron chi connectivity index (χ2n) is 5.43. The van der Waals surface area contributed by atoms with Gasteiger partial charge in [0.2, 0.25) is 0 Å². The Morgan fingerprint density at radius 3 is 2.83 bits per heavy atom. The summed E-state index contributed by atoms with van der Waals surface area (Å²) in [6.07, 6.45) is 1.62. The smallest absolute Gasteiger partial charge is 0.149 e. The summed E-state index contributed by atoms with van der Waals surface area (Å²) in [6, 6.07) is 15.6. The molecule has 0 spiro atoms. The van der Waals surface area contributed by atoms with Gasteiger partial charge in [-0.2, -0.15) is 0 Å². The van der Waals surface area contributed by atoms with Gasteiger partial charge in [0.05, 0.1) is 12.2 Å². The van der Waals surface area contributed by atoms with E-state index < -0.39 is 0 Å². The summed E-state index contributed by atoms with van der Waals surface area (Å²) < 4.78 is 11.3. The molecular formula is C18H19ClN2O2. The zero-order valence-electron chi connectivity index (χ0n) is 12.7. The van der Waals surface area contributed by atoms with Crippen LogP contribution in [0.2, 0.25) is 5.02 Å². The number of anilines is 1. The van der Waals surface area contributed by atoms with Gasteiger partial charge in [0.25, 0.3) is 0 Å². The van der Waals surface area contributed by atoms with Gasteiger partial charge in [-0.25, -0.2) is 0 Å². The molecule has 2 aromatic rings. The van der Waals surface area contributed by atoms with Gasteiger partial charge in [-0.3, -0.25) is 4.90 Å². The summed E-state index contributed by atoms with van der Waals surface area (Å²) in [7, 11) is 0. The normalized spacial score (nSPS) is 17.0. The predicted octanol–water partition coefficient (Wildman–Crippen LogP) is 3.67. The fraction of sp³-hybridized carbons (Fsp3) is 0.222. The van der Waals surface area contributed by atoms with Crippen LogP contribution in [0.25, 0.3) is 0 Å². The first kappa shape index (κ1) is 15.7. The summed E-state index contributed by atoms with van der Waals surface area (Å²) in [6.45, 7) is 3.15. The number of halogens is 1. The Balaban J connectivity index is 1.61. The number of nitrogens with two attached hydrogens (primary N) is 1. The van der Waals surface area contributed by atoms with Crippen LogP contribution >= 0.6 is 11.6 Å². The summed E-state index contributed by atoms with van der Waals surface area (Å²) in [5, 5.41) is 0.588. The molecule has 5 heteroatoms. The lowest BCUT2D eigenvalue weighted by molar-refractivity contribution is 0.0843. The van der Waals surface area contributed by atoms with Crippen LogP contribution in [0.15, 0.2) is 60.6 Å². The lowest BCUT2D eigenvalue weighted by atomic mass is 10.2. The molecule has 1 aliphatic rings.